The second-order valence-corrected chi connectivity index (χ2v) is 9.23. The van der Waals surface area contributed by atoms with Crippen LogP contribution in [0.3, 0.4) is 0 Å². The van der Waals surface area contributed by atoms with Gasteiger partial charge in [-0.2, -0.15) is 0 Å². The Kier molecular flexibility index (Phi) is 5.40. The Hall–Kier alpha value is -2.67. The Morgan fingerprint density at radius 2 is 1.90 bits per heavy atom. The van der Waals surface area contributed by atoms with Crippen LogP contribution in [-0.2, 0) is 5.54 Å². The molecule has 1 aliphatic heterocycles. The number of hydrogen-bond acceptors (Lipinski definition) is 5. The number of nitrogens with zero attached hydrogens (tertiary/aromatic N) is 2. The number of nitrogens with two attached hydrogens (primary N) is 1. The van der Waals surface area contributed by atoms with Gasteiger partial charge in [-0.15, -0.1) is 0 Å². The summed E-state index contributed by atoms with van der Waals surface area (Å²) in [4.78, 5) is 27.4. The van der Waals surface area contributed by atoms with E-state index in [1.54, 1.807) is 6.07 Å². The van der Waals surface area contributed by atoms with Crippen molar-refractivity contribution in [1.82, 2.24) is 15.4 Å². The molecule has 2 aromatic rings. The standard InChI is InChI=1S/C23H30N4O3/c1-14-12-18(25-21(28)19-13-20(30-26-19)15-4-5-15)10-11-27(14)22(29)16-6-8-17(9-7-16)23(2,3)24/h6-9,13-15,18H,4-5,10-12,24H2,1-3H3,(H,25,28)/t14-,18+/m0/s1. The van der Waals surface area contributed by atoms with Gasteiger partial charge in [-0.1, -0.05) is 17.3 Å². The number of benzene rings is 1. The molecule has 4 rings (SSSR count). The predicted molar refractivity (Wildman–Crippen MR) is 113 cm³/mol. The van der Waals surface area contributed by atoms with Gasteiger partial charge in [0.2, 0.25) is 0 Å². The molecule has 7 nitrogen and oxygen atoms in total. The molecule has 2 atom stereocenters. The van der Waals surface area contributed by atoms with E-state index in [0.29, 0.717) is 36.6 Å². The lowest BCUT2D eigenvalue weighted by atomic mass is 9.94. The first kappa shape index (κ1) is 20.6. The van der Waals surface area contributed by atoms with Crippen molar-refractivity contribution in [2.24, 2.45) is 5.73 Å². The zero-order valence-corrected chi connectivity index (χ0v) is 17.9. The molecule has 160 valence electrons. The van der Waals surface area contributed by atoms with Crippen molar-refractivity contribution in [1.29, 1.82) is 0 Å². The van der Waals surface area contributed by atoms with Gasteiger partial charge < -0.3 is 20.5 Å². The van der Waals surface area contributed by atoms with E-state index in [9.17, 15) is 9.59 Å². The topological polar surface area (TPSA) is 101 Å². The van der Waals surface area contributed by atoms with E-state index in [1.165, 1.54) is 0 Å². The normalized spacial score (nSPS) is 22.1. The molecule has 2 aliphatic rings. The van der Waals surface area contributed by atoms with E-state index in [4.69, 9.17) is 10.3 Å². The number of amides is 2. The van der Waals surface area contributed by atoms with Gasteiger partial charge >= 0.3 is 0 Å². The highest BCUT2D eigenvalue weighted by atomic mass is 16.5. The Balaban J connectivity index is 1.34. The van der Waals surface area contributed by atoms with Crippen LogP contribution in [0.5, 0.6) is 0 Å². The van der Waals surface area contributed by atoms with E-state index in [0.717, 1.165) is 24.2 Å². The lowest BCUT2D eigenvalue weighted by Gasteiger charge is -2.38. The van der Waals surface area contributed by atoms with Crippen LogP contribution < -0.4 is 11.1 Å². The van der Waals surface area contributed by atoms with Gasteiger partial charge in [0.1, 0.15) is 5.76 Å². The first-order chi connectivity index (χ1) is 14.2. The average molecular weight is 411 g/mol. The number of carbonyl (C=O) groups excluding carboxylic acids is 2. The number of hydrogen-bond donors (Lipinski definition) is 2. The van der Waals surface area contributed by atoms with Crippen LogP contribution >= 0.6 is 0 Å². The fourth-order valence-corrected chi connectivity index (χ4v) is 4.03. The molecule has 30 heavy (non-hydrogen) atoms. The summed E-state index contributed by atoms with van der Waals surface area (Å²) < 4.78 is 5.28. The quantitative estimate of drug-likeness (QED) is 0.788. The number of aromatic nitrogens is 1. The third-order valence-electron chi connectivity index (χ3n) is 6.09. The summed E-state index contributed by atoms with van der Waals surface area (Å²) in [5.74, 6) is 1.04. The molecule has 7 heteroatoms. The van der Waals surface area contributed by atoms with Crippen molar-refractivity contribution < 1.29 is 14.1 Å². The molecule has 3 N–H and O–H groups in total. The average Bonchev–Trinajstić information content (AvgIpc) is 3.43. The SMILES string of the molecule is C[C@H]1C[C@H](NC(=O)c2cc(C3CC3)on2)CCN1C(=O)c1ccc(C(C)(C)N)cc1. The summed E-state index contributed by atoms with van der Waals surface area (Å²) in [6, 6.07) is 9.31. The predicted octanol–water partition coefficient (Wildman–Crippen LogP) is 3.17. The molecule has 1 aliphatic carbocycles. The summed E-state index contributed by atoms with van der Waals surface area (Å²) in [6.45, 7) is 6.50. The van der Waals surface area contributed by atoms with Crippen LogP contribution in [-0.4, -0.2) is 40.5 Å². The highest BCUT2D eigenvalue weighted by Gasteiger charge is 2.32. The van der Waals surface area contributed by atoms with Crippen LogP contribution in [0.15, 0.2) is 34.9 Å². The molecule has 0 radical (unpaired) electrons. The Bertz CT molecular complexity index is 925. The van der Waals surface area contributed by atoms with Crippen LogP contribution in [0.4, 0.5) is 0 Å². The maximum Gasteiger partial charge on any atom is 0.273 e. The van der Waals surface area contributed by atoms with Gasteiger partial charge in [-0.3, -0.25) is 9.59 Å². The van der Waals surface area contributed by atoms with Crippen LogP contribution in [0.1, 0.15) is 84.5 Å². The second kappa shape index (κ2) is 7.87. The van der Waals surface area contributed by atoms with Gasteiger partial charge in [0.15, 0.2) is 5.69 Å². The van der Waals surface area contributed by atoms with E-state index in [2.05, 4.69) is 10.5 Å². The van der Waals surface area contributed by atoms with Crippen LogP contribution in [0.2, 0.25) is 0 Å². The van der Waals surface area contributed by atoms with Gasteiger partial charge in [0.25, 0.3) is 11.8 Å². The second-order valence-electron chi connectivity index (χ2n) is 9.23. The number of piperidine rings is 1. The van der Waals surface area contributed by atoms with Crippen LogP contribution in [0, 0.1) is 0 Å². The number of likely N-dealkylation sites (tertiary alicyclic amines) is 1. The molecule has 2 fully saturated rings. The van der Waals surface area contributed by atoms with E-state index < -0.39 is 5.54 Å². The minimum atomic E-state index is -0.436. The Morgan fingerprint density at radius 1 is 1.20 bits per heavy atom. The number of nitrogens with one attached hydrogen (secondary N) is 1. The Labute approximate surface area is 177 Å². The highest BCUT2D eigenvalue weighted by molar-refractivity contribution is 5.95. The van der Waals surface area contributed by atoms with Crippen molar-refractivity contribution in [3.63, 3.8) is 0 Å². The van der Waals surface area contributed by atoms with Gasteiger partial charge in [0.05, 0.1) is 0 Å². The van der Waals surface area contributed by atoms with Crippen molar-refractivity contribution in [2.75, 3.05) is 6.54 Å². The van der Waals surface area contributed by atoms with Crippen molar-refractivity contribution in [3.05, 3.63) is 52.9 Å². The van der Waals surface area contributed by atoms with Gasteiger partial charge in [0, 0.05) is 41.7 Å². The molecule has 2 amide bonds. The molecule has 1 saturated heterocycles. The summed E-state index contributed by atoms with van der Waals surface area (Å²) in [6.07, 6.45) is 3.63. The minimum Gasteiger partial charge on any atom is -0.360 e. The maximum absolute atomic E-state index is 13.0. The monoisotopic (exact) mass is 410 g/mol. The van der Waals surface area contributed by atoms with Gasteiger partial charge in [-0.05, 0) is 64.2 Å². The molecule has 1 aromatic carbocycles. The minimum absolute atomic E-state index is 0.0121. The third kappa shape index (κ3) is 4.41. The smallest absolute Gasteiger partial charge is 0.273 e. The fraction of sp³-hybridized carbons (Fsp3) is 0.522. The number of carbonyl (C=O) groups is 2. The number of rotatable bonds is 5. The Morgan fingerprint density at radius 3 is 2.50 bits per heavy atom. The molecule has 1 aromatic heterocycles. The van der Waals surface area contributed by atoms with Crippen LogP contribution in [0.25, 0.3) is 0 Å². The molecule has 0 unspecified atom stereocenters. The first-order valence-corrected chi connectivity index (χ1v) is 10.7. The van der Waals surface area contributed by atoms with Gasteiger partial charge in [-0.25, -0.2) is 0 Å². The maximum atomic E-state index is 13.0. The first-order valence-electron chi connectivity index (χ1n) is 10.7. The fourth-order valence-electron chi connectivity index (χ4n) is 4.03. The zero-order valence-electron chi connectivity index (χ0n) is 17.9. The van der Waals surface area contributed by atoms with Crippen molar-refractivity contribution >= 4 is 11.8 Å². The summed E-state index contributed by atoms with van der Waals surface area (Å²) in [5.41, 5.74) is 7.68. The van der Waals surface area contributed by atoms with E-state index >= 15 is 0 Å². The van der Waals surface area contributed by atoms with Crippen molar-refractivity contribution in [2.45, 2.75) is 70.0 Å². The lowest BCUT2D eigenvalue weighted by molar-refractivity contribution is 0.0595. The summed E-state index contributed by atoms with van der Waals surface area (Å²) >= 11 is 0. The molecule has 1 saturated carbocycles. The highest BCUT2D eigenvalue weighted by Crippen LogP contribution is 2.40. The molecule has 2 heterocycles. The third-order valence-corrected chi connectivity index (χ3v) is 6.09. The molecular weight excluding hydrogens is 380 g/mol. The van der Waals surface area contributed by atoms with Crippen molar-refractivity contribution in [3.8, 4) is 0 Å². The molecule has 0 spiro atoms. The molecular formula is C23H30N4O3. The zero-order chi connectivity index (χ0) is 21.5. The summed E-state index contributed by atoms with van der Waals surface area (Å²) in [7, 11) is 0. The lowest BCUT2D eigenvalue weighted by Crippen LogP contribution is -2.51. The molecule has 0 bridgehead atoms. The van der Waals surface area contributed by atoms with E-state index in [1.807, 2.05) is 49.9 Å². The van der Waals surface area contributed by atoms with E-state index in [-0.39, 0.29) is 23.9 Å². The summed E-state index contributed by atoms with van der Waals surface area (Å²) in [5, 5.41) is 6.96. The largest absolute Gasteiger partial charge is 0.360 e.